The lowest BCUT2D eigenvalue weighted by molar-refractivity contribution is 1.29. The molecular formula is C8H10ClN3. The number of nitrogen functional groups attached to an aromatic ring is 1. The normalized spacial score (nSPS) is 9.42. The van der Waals surface area contributed by atoms with Gasteiger partial charge in [0.1, 0.15) is 0 Å². The number of rotatable bonds is 3. The van der Waals surface area contributed by atoms with Gasteiger partial charge >= 0.3 is 0 Å². The molecule has 12 heavy (non-hydrogen) atoms. The molecule has 0 saturated carbocycles. The highest BCUT2D eigenvalue weighted by Gasteiger charge is 2.01. The maximum absolute atomic E-state index is 5.69. The molecule has 1 aromatic rings. The second-order valence-electron chi connectivity index (χ2n) is 2.23. The predicted molar refractivity (Wildman–Crippen MR) is 52.3 cm³/mol. The molecule has 0 spiro atoms. The molecule has 0 aliphatic heterocycles. The molecule has 3 N–H and O–H groups in total. The van der Waals surface area contributed by atoms with Crippen LogP contribution in [0.15, 0.2) is 24.9 Å². The topological polar surface area (TPSA) is 50.9 Å². The summed E-state index contributed by atoms with van der Waals surface area (Å²) in [6.45, 7) is 4.23. The molecule has 4 heteroatoms. The molecular weight excluding hydrogens is 174 g/mol. The van der Waals surface area contributed by atoms with E-state index in [0.29, 0.717) is 17.4 Å². The van der Waals surface area contributed by atoms with Gasteiger partial charge in [0.2, 0.25) is 0 Å². The lowest BCUT2D eigenvalue weighted by Crippen LogP contribution is -2.02. The molecule has 0 aliphatic carbocycles. The Morgan fingerprint density at radius 3 is 3.17 bits per heavy atom. The van der Waals surface area contributed by atoms with Crippen LogP contribution >= 0.6 is 11.6 Å². The van der Waals surface area contributed by atoms with Gasteiger partial charge in [0, 0.05) is 12.7 Å². The zero-order valence-corrected chi connectivity index (χ0v) is 7.30. The Kier molecular flexibility index (Phi) is 2.94. The van der Waals surface area contributed by atoms with Crippen LogP contribution in [-0.2, 0) is 0 Å². The zero-order chi connectivity index (χ0) is 8.97. The maximum Gasteiger partial charge on any atom is 0.153 e. The number of hydrogen-bond donors (Lipinski definition) is 2. The second kappa shape index (κ2) is 3.97. The van der Waals surface area contributed by atoms with Gasteiger partial charge in [-0.05, 0) is 6.07 Å². The van der Waals surface area contributed by atoms with Crippen molar-refractivity contribution in [1.82, 2.24) is 4.98 Å². The summed E-state index contributed by atoms with van der Waals surface area (Å²) in [5, 5.41) is 3.36. The van der Waals surface area contributed by atoms with E-state index in [1.165, 1.54) is 0 Å². The van der Waals surface area contributed by atoms with Gasteiger partial charge in [-0.2, -0.15) is 0 Å². The Bertz CT molecular complexity index is 286. The first-order valence-corrected chi connectivity index (χ1v) is 3.88. The van der Waals surface area contributed by atoms with Crippen LogP contribution in [0.3, 0.4) is 0 Å². The number of nitrogens with one attached hydrogen (secondary N) is 1. The zero-order valence-electron chi connectivity index (χ0n) is 6.55. The van der Waals surface area contributed by atoms with Crippen molar-refractivity contribution >= 4 is 23.0 Å². The van der Waals surface area contributed by atoms with E-state index in [1.807, 2.05) is 0 Å². The summed E-state index contributed by atoms with van der Waals surface area (Å²) in [6.07, 6.45) is 3.35. The van der Waals surface area contributed by atoms with Crippen molar-refractivity contribution in [2.45, 2.75) is 0 Å². The average molecular weight is 184 g/mol. The second-order valence-corrected chi connectivity index (χ2v) is 2.59. The Hall–Kier alpha value is -1.22. The quantitative estimate of drug-likeness (QED) is 0.556. The molecule has 0 bridgehead atoms. The standard InChI is InChI=1S/C8H10ClN3/c1-2-4-11-6-3-5-12-8(9)7(6)10/h2-3,5H,1,4,10H2,(H,11,12). The van der Waals surface area contributed by atoms with E-state index in [-0.39, 0.29) is 0 Å². The van der Waals surface area contributed by atoms with E-state index in [2.05, 4.69) is 16.9 Å². The molecule has 1 aromatic heterocycles. The van der Waals surface area contributed by atoms with Gasteiger partial charge in [-0.25, -0.2) is 4.98 Å². The highest BCUT2D eigenvalue weighted by molar-refractivity contribution is 6.32. The summed E-state index contributed by atoms with van der Waals surface area (Å²) in [4.78, 5) is 3.82. The van der Waals surface area contributed by atoms with Crippen LogP contribution < -0.4 is 11.1 Å². The number of pyridine rings is 1. The van der Waals surface area contributed by atoms with Crippen LogP contribution in [0.4, 0.5) is 11.4 Å². The first-order valence-electron chi connectivity index (χ1n) is 3.50. The van der Waals surface area contributed by atoms with E-state index in [9.17, 15) is 0 Å². The van der Waals surface area contributed by atoms with E-state index in [1.54, 1.807) is 18.3 Å². The fraction of sp³-hybridized carbons (Fsp3) is 0.125. The van der Waals surface area contributed by atoms with Crippen LogP contribution in [0.2, 0.25) is 5.15 Å². The third-order valence-electron chi connectivity index (χ3n) is 1.38. The molecule has 0 saturated heterocycles. The van der Waals surface area contributed by atoms with Crippen LogP contribution in [0, 0.1) is 0 Å². The number of halogens is 1. The Morgan fingerprint density at radius 1 is 1.75 bits per heavy atom. The van der Waals surface area contributed by atoms with Crippen LogP contribution in [0.25, 0.3) is 0 Å². The molecule has 0 radical (unpaired) electrons. The fourth-order valence-corrected chi connectivity index (χ4v) is 0.942. The predicted octanol–water partition coefficient (Wildman–Crippen LogP) is 1.92. The molecule has 3 nitrogen and oxygen atoms in total. The highest BCUT2D eigenvalue weighted by Crippen LogP contribution is 2.23. The van der Waals surface area contributed by atoms with E-state index in [0.717, 1.165) is 5.69 Å². The summed E-state index contributed by atoms with van der Waals surface area (Å²) in [5.41, 5.74) is 6.89. The molecule has 0 aliphatic rings. The van der Waals surface area contributed by atoms with Crippen LogP contribution in [0.1, 0.15) is 0 Å². The molecule has 0 aromatic carbocycles. The summed E-state index contributed by atoms with van der Waals surface area (Å²) >= 11 is 5.69. The Morgan fingerprint density at radius 2 is 2.50 bits per heavy atom. The van der Waals surface area contributed by atoms with Crippen molar-refractivity contribution in [3.05, 3.63) is 30.1 Å². The third kappa shape index (κ3) is 1.89. The third-order valence-corrected chi connectivity index (χ3v) is 1.68. The average Bonchev–Trinajstić information content (AvgIpc) is 2.08. The number of anilines is 2. The molecule has 64 valence electrons. The Labute approximate surface area is 76.2 Å². The molecule has 0 amide bonds. The monoisotopic (exact) mass is 183 g/mol. The van der Waals surface area contributed by atoms with Gasteiger partial charge in [-0.3, -0.25) is 0 Å². The van der Waals surface area contributed by atoms with Gasteiger partial charge in [0.05, 0.1) is 11.4 Å². The Balaban J connectivity index is 2.84. The smallest absolute Gasteiger partial charge is 0.153 e. The van der Waals surface area contributed by atoms with Crippen molar-refractivity contribution < 1.29 is 0 Å². The first kappa shape index (κ1) is 8.87. The number of aromatic nitrogens is 1. The van der Waals surface area contributed by atoms with Crippen molar-refractivity contribution in [1.29, 1.82) is 0 Å². The molecule has 0 atom stereocenters. The van der Waals surface area contributed by atoms with Crippen LogP contribution in [0.5, 0.6) is 0 Å². The lowest BCUT2D eigenvalue weighted by Gasteiger charge is -2.06. The number of nitrogens with zero attached hydrogens (tertiary/aromatic N) is 1. The van der Waals surface area contributed by atoms with Crippen molar-refractivity contribution in [3.8, 4) is 0 Å². The van der Waals surface area contributed by atoms with Gasteiger partial charge in [0.15, 0.2) is 5.15 Å². The van der Waals surface area contributed by atoms with E-state index < -0.39 is 0 Å². The van der Waals surface area contributed by atoms with Crippen molar-refractivity contribution in [2.75, 3.05) is 17.6 Å². The molecule has 0 unspecified atom stereocenters. The highest BCUT2D eigenvalue weighted by atomic mass is 35.5. The summed E-state index contributed by atoms with van der Waals surface area (Å²) in [5.74, 6) is 0. The van der Waals surface area contributed by atoms with Gasteiger partial charge < -0.3 is 11.1 Å². The van der Waals surface area contributed by atoms with Gasteiger partial charge in [0.25, 0.3) is 0 Å². The largest absolute Gasteiger partial charge is 0.395 e. The van der Waals surface area contributed by atoms with Gasteiger partial charge in [-0.15, -0.1) is 6.58 Å². The number of nitrogens with two attached hydrogens (primary N) is 1. The first-order chi connectivity index (χ1) is 5.75. The lowest BCUT2D eigenvalue weighted by atomic mass is 10.3. The minimum absolute atomic E-state index is 0.323. The number of hydrogen-bond acceptors (Lipinski definition) is 3. The minimum atomic E-state index is 0.323. The van der Waals surface area contributed by atoms with Crippen molar-refractivity contribution in [3.63, 3.8) is 0 Å². The molecule has 1 heterocycles. The molecule has 0 fully saturated rings. The minimum Gasteiger partial charge on any atom is -0.395 e. The molecule has 1 rings (SSSR count). The summed E-state index contributed by atoms with van der Waals surface area (Å²) in [7, 11) is 0. The maximum atomic E-state index is 5.69. The fourth-order valence-electron chi connectivity index (χ4n) is 0.784. The van der Waals surface area contributed by atoms with Crippen LogP contribution in [-0.4, -0.2) is 11.5 Å². The summed E-state index contributed by atoms with van der Waals surface area (Å²) < 4.78 is 0. The van der Waals surface area contributed by atoms with E-state index >= 15 is 0 Å². The van der Waals surface area contributed by atoms with Crippen molar-refractivity contribution in [2.24, 2.45) is 0 Å². The van der Waals surface area contributed by atoms with Gasteiger partial charge in [-0.1, -0.05) is 17.7 Å². The summed E-state index contributed by atoms with van der Waals surface area (Å²) in [6, 6.07) is 1.77. The van der Waals surface area contributed by atoms with E-state index in [4.69, 9.17) is 17.3 Å². The SMILES string of the molecule is C=CCNc1ccnc(Cl)c1N.